The molecule has 0 amide bonds. The molecule has 0 aliphatic carbocycles. The van der Waals surface area contributed by atoms with Gasteiger partial charge in [0.15, 0.2) is 0 Å². The van der Waals surface area contributed by atoms with Gasteiger partial charge in [-0.25, -0.2) is 0 Å². The second-order valence-corrected chi connectivity index (χ2v) is 12.8. The number of phenols is 2. The number of allylic oxidation sites excluding steroid dienone is 2. The predicted octanol–water partition coefficient (Wildman–Crippen LogP) is 6.44. The quantitative estimate of drug-likeness (QED) is 0.132. The zero-order valence-electron chi connectivity index (χ0n) is 27.1. The van der Waals surface area contributed by atoms with Gasteiger partial charge in [0.1, 0.15) is 11.5 Å². The van der Waals surface area contributed by atoms with Crippen LogP contribution in [0.5, 0.6) is 11.5 Å². The summed E-state index contributed by atoms with van der Waals surface area (Å²) in [5.74, 6) is 0.455. The van der Waals surface area contributed by atoms with Crippen LogP contribution in [0.3, 0.4) is 0 Å². The number of aromatic amines is 2. The average molecular weight is 651 g/mol. The fourth-order valence-electron chi connectivity index (χ4n) is 7.37. The maximum absolute atomic E-state index is 10.2. The minimum Gasteiger partial charge on any atom is -0.508 e. The Labute approximate surface area is 289 Å². The number of H-pyrrole nitrogens is 2. The highest BCUT2D eigenvalue weighted by Crippen LogP contribution is 2.35. The van der Waals surface area contributed by atoms with E-state index >= 15 is 0 Å². The highest BCUT2D eigenvalue weighted by atomic mass is 16.3. The maximum atomic E-state index is 10.2. The zero-order valence-corrected chi connectivity index (χ0v) is 27.1. The first kappa shape index (κ1) is 29.5. The van der Waals surface area contributed by atoms with E-state index in [2.05, 4.69) is 118 Å². The molecule has 6 heteroatoms. The van der Waals surface area contributed by atoms with Gasteiger partial charge in [-0.05, 0) is 82.9 Å². The molecule has 50 heavy (non-hydrogen) atoms. The summed E-state index contributed by atoms with van der Waals surface area (Å²) in [5.41, 5.74) is 12.4. The maximum Gasteiger partial charge on any atom is 0.115 e. The monoisotopic (exact) mass is 650 g/mol. The van der Waals surface area contributed by atoms with E-state index < -0.39 is 0 Å². The number of rotatable bonds is 4. The van der Waals surface area contributed by atoms with Gasteiger partial charge in [0, 0.05) is 55.8 Å². The van der Waals surface area contributed by atoms with Gasteiger partial charge < -0.3 is 30.8 Å². The van der Waals surface area contributed by atoms with Crippen molar-refractivity contribution in [3.05, 3.63) is 213 Å². The number of fused-ring (bicyclic) bond motifs is 8. The lowest BCUT2D eigenvalue weighted by atomic mass is 9.98. The first-order valence-corrected chi connectivity index (χ1v) is 16.8. The molecule has 0 fully saturated rings. The van der Waals surface area contributed by atoms with E-state index in [4.69, 9.17) is 0 Å². The fourth-order valence-corrected chi connectivity index (χ4v) is 7.37. The molecule has 0 saturated heterocycles. The van der Waals surface area contributed by atoms with Crippen LogP contribution in [0.25, 0.3) is 22.3 Å². The zero-order chi connectivity index (χ0) is 33.6. The Bertz CT molecular complexity index is 2480. The molecule has 9 rings (SSSR count). The largest absolute Gasteiger partial charge is 0.508 e. The highest BCUT2D eigenvalue weighted by Gasteiger charge is 2.27. The van der Waals surface area contributed by atoms with Gasteiger partial charge in [0.05, 0.1) is 12.1 Å². The molecule has 2 unspecified atom stereocenters. The van der Waals surface area contributed by atoms with Crippen molar-refractivity contribution < 1.29 is 10.2 Å². The summed E-state index contributed by atoms with van der Waals surface area (Å²) in [6, 6.07) is 44.1. The van der Waals surface area contributed by atoms with Crippen molar-refractivity contribution >= 4 is 22.3 Å². The van der Waals surface area contributed by atoms with Gasteiger partial charge in [-0.15, -0.1) is 0 Å². The average Bonchev–Trinajstić information content (AvgIpc) is 3.98. The lowest BCUT2D eigenvalue weighted by Crippen LogP contribution is -2.31. The summed E-state index contributed by atoms with van der Waals surface area (Å²) < 4.78 is 0. The van der Waals surface area contributed by atoms with Crippen LogP contribution in [0.4, 0.5) is 0 Å². The van der Waals surface area contributed by atoms with Gasteiger partial charge in [0.25, 0.3) is 0 Å². The van der Waals surface area contributed by atoms with Crippen molar-refractivity contribution in [1.29, 1.82) is 0 Å². The number of hydrogen-bond donors (Lipinski definition) is 6. The molecule has 6 aromatic rings. The molecule has 8 bridgehead atoms. The predicted molar refractivity (Wildman–Crippen MR) is 199 cm³/mol. The Morgan fingerprint density at radius 3 is 1.32 bits per heavy atom. The molecular formula is C44H34N4O2. The summed E-state index contributed by atoms with van der Waals surface area (Å²) in [4.78, 5) is 7.61. The Balaban J connectivity index is 1.35. The number of phenolic OH excluding ortho intramolecular Hbond substituents is 2. The molecule has 2 aromatic heterocycles. The third-order valence-electron chi connectivity index (χ3n) is 9.67. The lowest BCUT2D eigenvalue weighted by Gasteiger charge is -2.20. The third kappa shape index (κ3) is 5.24. The van der Waals surface area contributed by atoms with Crippen molar-refractivity contribution in [3.8, 4) is 11.5 Å². The van der Waals surface area contributed by atoms with E-state index in [0.29, 0.717) is 0 Å². The van der Waals surface area contributed by atoms with Crippen LogP contribution >= 0.6 is 0 Å². The van der Waals surface area contributed by atoms with Crippen LogP contribution in [0, 0.1) is 0 Å². The summed E-state index contributed by atoms with van der Waals surface area (Å²) in [6.45, 7) is 0. The molecule has 5 heterocycles. The van der Waals surface area contributed by atoms with Crippen molar-refractivity contribution in [1.82, 2.24) is 20.6 Å². The standard InChI is InChI=1S/C44H34N4O2/c49-31-15-11-29(12-16-31)43-37-23-19-33(45-37)41(27-7-3-1-4-8-27)34-20-24-38(46-34)44(30-13-17-32(50)18-14-30)40-26-22-36(48-40)42(28-9-5-2-6-10-28)35-21-25-39(43)47-35/h1-26,33,40,45-50H/b41-34-,42-36-,43-37-,44-38-. The summed E-state index contributed by atoms with van der Waals surface area (Å²) in [7, 11) is 0. The molecule has 6 N–H and O–H groups in total. The summed E-state index contributed by atoms with van der Waals surface area (Å²) in [5, 5.41) is 30.1. The SMILES string of the molecule is Oc1ccc(/C2=C3\C=CC(N3)/C(c3ccccc3)=c3/cc/c([nH]3)=C(\c3ccc(O)cc3)C3C=C/C(=C(\c4ccccc4)c4ccc2[nH]4)N3)cc1. The second kappa shape index (κ2) is 12.1. The number of hydrogen-bond acceptors (Lipinski definition) is 4. The highest BCUT2D eigenvalue weighted by molar-refractivity contribution is 5.88. The minimum absolute atomic E-state index is 0.124. The Hall–Kier alpha value is -6.66. The molecule has 3 aliphatic rings. The molecular weight excluding hydrogens is 617 g/mol. The lowest BCUT2D eigenvalue weighted by molar-refractivity contribution is 0.474. The van der Waals surface area contributed by atoms with Crippen LogP contribution in [0.2, 0.25) is 0 Å². The van der Waals surface area contributed by atoms with Crippen LogP contribution in [-0.2, 0) is 0 Å². The molecule has 242 valence electrons. The van der Waals surface area contributed by atoms with Gasteiger partial charge in [-0.1, -0.05) is 97.1 Å². The second-order valence-electron chi connectivity index (χ2n) is 12.8. The van der Waals surface area contributed by atoms with Gasteiger partial charge in [0.2, 0.25) is 0 Å². The van der Waals surface area contributed by atoms with Crippen molar-refractivity contribution in [3.63, 3.8) is 0 Å². The van der Waals surface area contributed by atoms with E-state index in [-0.39, 0.29) is 23.6 Å². The Morgan fingerprint density at radius 1 is 0.400 bits per heavy atom. The van der Waals surface area contributed by atoms with Crippen LogP contribution in [-0.4, -0.2) is 32.3 Å². The van der Waals surface area contributed by atoms with Gasteiger partial charge in [-0.3, -0.25) is 0 Å². The van der Waals surface area contributed by atoms with Crippen LogP contribution in [0.1, 0.15) is 33.6 Å². The smallest absolute Gasteiger partial charge is 0.115 e. The van der Waals surface area contributed by atoms with E-state index in [0.717, 1.165) is 78.0 Å². The first-order chi connectivity index (χ1) is 24.6. The number of nitrogens with one attached hydrogen (secondary N) is 4. The summed E-state index contributed by atoms with van der Waals surface area (Å²) >= 11 is 0. The van der Waals surface area contributed by atoms with Gasteiger partial charge >= 0.3 is 0 Å². The number of benzene rings is 4. The number of aromatic hydroxyl groups is 2. The minimum atomic E-state index is -0.147. The molecule has 0 saturated carbocycles. The van der Waals surface area contributed by atoms with Crippen LogP contribution in [0.15, 0.2) is 169 Å². The topological polar surface area (TPSA) is 96.1 Å². The molecule has 0 spiro atoms. The van der Waals surface area contributed by atoms with Crippen molar-refractivity contribution in [2.75, 3.05) is 0 Å². The molecule has 4 aromatic carbocycles. The van der Waals surface area contributed by atoms with E-state index in [1.54, 1.807) is 24.3 Å². The normalized spacial score (nSPS) is 23.1. The Kier molecular flexibility index (Phi) is 7.13. The first-order valence-electron chi connectivity index (χ1n) is 16.8. The molecule has 6 nitrogen and oxygen atoms in total. The van der Waals surface area contributed by atoms with Crippen LogP contribution < -0.4 is 21.3 Å². The third-order valence-corrected chi connectivity index (χ3v) is 9.67. The van der Waals surface area contributed by atoms with E-state index in [1.807, 2.05) is 36.4 Å². The Morgan fingerprint density at radius 2 is 0.820 bits per heavy atom. The fraction of sp³-hybridized carbons (Fsp3) is 0.0455. The molecule has 3 aliphatic heterocycles. The number of aromatic nitrogens is 2. The molecule has 0 radical (unpaired) electrons. The van der Waals surface area contributed by atoms with Gasteiger partial charge in [-0.2, -0.15) is 0 Å². The van der Waals surface area contributed by atoms with Crippen molar-refractivity contribution in [2.24, 2.45) is 0 Å². The van der Waals surface area contributed by atoms with E-state index in [9.17, 15) is 10.2 Å². The van der Waals surface area contributed by atoms with Crippen molar-refractivity contribution in [2.45, 2.75) is 12.1 Å². The van der Waals surface area contributed by atoms with E-state index in [1.165, 1.54) is 0 Å². The summed E-state index contributed by atoms with van der Waals surface area (Å²) in [6.07, 6.45) is 8.76. The molecule has 2 atom stereocenters.